The van der Waals surface area contributed by atoms with Crippen LogP contribution in [-0.2, 0) is 9.53 Å². The minimum Gasteiger partial charge on any atom is -0.465 e. The summed E-state index contributed by atoms with van der Waals surface area (Å²) in [7, 11) is 0. The van der Waals surface area contributed by atoms with Crippen molar-refractivity contribution in [3.63, 3.8) is 0 Å². The van der Waals surface area contributed by atoms with Crippen LogP contribution in [0.15, 0.2) is 29.2 Å². The van der Waals surface area contributed by atoms with E-state index in [0.717, 1.165) is 38.1 Å². The molecule has 1 unspecified atom stereocenters. The van der Waals surface area contributed by atoms with Crippen LogP contribution in [-0.4, -0.2) is 42.4 Å². The quantitative estimate of drug-likeness (QED) is 0.595. The van der Waals surface area contributed by atoms with Crippen molar-refractivity contribution in [2.45, 2.75) is 37.1 Å². The molecule has 0 N–H and O–H groups in total. The first-order valence-corrected chi connectivity index (χ1v) is 8.49. The van der Waals surface area contributed by atoms with E-state index in [1.807, 2.05) is 13.0 Å². The summed E-state index contributed by atoms with van der Waals surface area (Å²) in [6, 6.07) is 6.68. The maximum Gasteiger partial charge on any atom is 0.323 e. The number of hydrogen-bond acceptors (Lipinski definition) is 4. The van der Waals surface area contributed by atoms with Gasteiger partial charge in [-0.25, -0.2) is 4.39 Å². The molecule has 1 fully saturated rings. The first-order chi connectivity index (χ1) is 10.2. The summed E-state index contributed by atoms with van der Waals surface area (Å²) < 4.78 is 18.7. The van der Waals surface area contributed by atoms with Crippen LogP contribution < -0.4 is 0 Å². The van der Waals surface area contributed by atoms with E-state index in [0.29, 0.717) is 11.5 Å². The van der Waals surface area contributed by atoms with Crippen LogP contribution in [0.5, 0.6) is 0 Å². The summed E-state index contributed by atoms with van der Waals surface area (Å²) in [4.78, 5) is 14.8. The molecule has 0 spiro atoms. The summed E-state index contributed by atoms with van der Waals surface area (Å²) in [5, 5.41) is 0. The first-order valence-electron chi connectivity index (χ1n) is 7.50. The van der Waals surface area contributed by atoms with Gasteiger partial charge in [-0.3, -0.25) is 9.69 Å². The average Bonchev–Trinajstić information content (AvgIpc) is 2.50. The summed E-state index contributed by atoms with van der Waals surface area (Å²) in [5.74, 6) is 0.479. The van der Waals surface area contributed by atoms with Crippen LogP contribution in [0.4, 0.5) is 4.39 Å². The van der Waals surface area contributed by atoms with Gasteiger partial charge >= 0.3 is 5.97 Å². The van der Waals surface area contributed by atoms with Gasteiger partial charge in [0.25, 0.3) is 0 Å². The van der Waals surface area contributed by atoms with Gasteiger partial charge in [0.15, 0.2) is 0 Å². The second kappa shape index (κ2) is 8.39. The highest BCUT2D eigenvalue weighted by Crippen LogP contribution is 2.23. The largest absolute Gasteiger partial charge is 0.465 e. The van der Waals surface area contributed by atoms with Crippen molar-refractivity contribution in [1.82, 2.24) is 4.90 Å². The summed E-state index contributed by atoms with van der Waals surface area (Å²) in [5.41, 5.74) is 0. The van der Waals surface area contributed by atoms with Gasteiger partial charge in [-0.1, -0.05) is 18.6 Å². The van der Waals surface area contributed by atoms with Crippen molar-refractivity contribution >= 4 is 17.7 Å². The van der Waals surface area contributed by atoms with Crippen molar-refractivity contribution in [3.8, 4) is 0 Å². The van der Waals surface area contributed by atoms with Crippen LogP contribution in [0.1, 0.15) is 26.2 Å². The van der Waals surface area contributed by atoms with Gasteiger partial charge in [0.1, 0.15) is 11.9 Å². The molecule has 1 atom stereocenters. The van der Waals surface area contributed by atoms with Crippen molar-refractivity contribution in [2.24, 2.45) is 0 Å². The average molecular weight is 311 g/mol. The molecule has 1 aliphatic rings. The Balaban J connectivity index is 1.85. The number of benzene rings is 1. The van der Waals surface area contributed by atoms with Crippen LogP contribution >= 0.6 is 11.8 Å². The first kappa shape index (κ1) is 16.3. The minimum absolute atomic E-state index is 0.118. The molecule has 3 nitrogen and oxygen atoms in total. The maximum absolute atomic E-state index is 13.6. The van der Waals surface area contributed by atoms with Crippen molar-refractivity contribution in [2.75, 3.05) is 25.4 Å². The Labute approximate surface area is 129 Å². The van der Waals surface area contributed by atoms with E-state index in [2.05, 4.69) is 4.90 Å². The fourth-order valence-electron chi connectivity index (χ4n) is 2.60. The molecule has 21 heavy (non-hydrogen) atoms. The summed E-state index contributed by atoms with van der Waals surface area (Å²) >= 11 is 1.50. The third-order valence-corrected chi connectivity index (χ3v) is 4.67. The Kier molecular flexibility index (Phi) is 6.51. The molecule has 0 bridgehead atoms. The van der Waals surface area contributed by atoms with Gasteiger partial charge in [0.05, 0.1) is 6.61 Å². The molecule has 2 rings (SSSR count). The normalized spacial score (nSPS) is 19.4. The highest BCUT2D eigenvalue weighted by atomic mass is 32.2. The van der Waals surface area contributed by atoms with Crippen molar-refractivity contribution in [1.29, 1.82) is 0 Å². The molecule has 0 amide bonds. The third-order valence-electron chi connectivity index (χ3n) is 3.65. The lowest BCUT2D eigenvalue weighted by molar-refractivity contribution is -0.150. The number of carbonyl (C=O) groups excluding carboxylic acids is 1. The van der Waals surface area contributed by atoms with E-state index >= 15 is 0 Å². The highest BCUT2D eigenvalue weighted by Gasteiger charge is 2.29. The van der Waals surface area contributed by atoms with E-state index in [9.17, 15) is 9.18 Å². The number of esters is 1. The SMILES string of the molecule is CCOC(=O)C1CCCCN1CCSc1ccccc1F. The van der Waals surface area contributed by atoms with Crippen LogP contribution in [0.2, 0.25) is 0 Å². The lowest BCUT2D eigenvalue weighted by Crippen LogP contribution is -2.46. The minimum atomic E-state index is -0.178. The zero-order valence-corrected chi connectivity index (χ0v) is 13.2. The number of thioether (sulfide) groups is 1. The lowest BCUT2D eigenvalue weighted by atomic mass is 10.0. The Bertz CT molecular complexity index is 469. The third kappa shape index (κ3) is 4.71. The van der Waals surface area contributed by atoms with E-state index in [1.165, 1.54) is 17.8 Å². The maximum atomic E-state index is 13.6. The molecule has 0 radical (unpaired) electrons. The van der Waals surface area contributed by atoms with Crippen molar-refractivity contribution in [3.05, 3.63) is 30.1 Å². The molecule has 1 aromatic rings. The smallest absolute Gasteiger partial charge is 0.323 e. The molecular formula is C16H22FNO2S. The second-order valence-corrected chi connectivity index (χ2v) is 6.22. The summed E-state index contributed by atoms with van der Waals surface area (Å²) in [6.07, 6.45) is 3.05. The number of carbonyl (C=O) groups is 1. The number of halogens is 1. The topological polar surface area (TPSA) is 29.5 Å². The van der Waals surface area contributed by atoms with E-state index < -0.39 is 0 Å². The molecule has 1 saturated heterocycles. The molecule has 5 heteroatoms. The second-order valence-electron chi connectivity index (χ2n) is 5.08. The molecule has 1 aliphatic heterocycles. The Morgan fingerprint density at radius 2 is 2.24 bits per heavy atom. The van der Waals surface area contributed by atoms with Crippen molar-refractivity contribution < 1.29 is 13.9 Å². The van der Waals surface area contributed by atoms with Gasteiger partial charge in [-0.15, -0.1) is 11.8 Å². The number of nitrogens with zero attached hydrogens (tertiary/aromatic N) is 1. The van der Waals surface area contributed by atoms with Gasteiger partial charge in [-0.05, 0) is 38.4 Å². The predicted molar refractivity (Wildman–Crippen MR) is 83.0 cm³/mol. The standard InChI is InChI=1S/C16H22FNO2S/c1-2-20-16(19)14-8-5-6-10-18(14)11-12-21-15-9-4-3-7-13(15)17/h3-4,7,9,14H,2,5-6,8,10-12H2,1H3. The van der Waals surface area contributed by atoms with Crippen LogP contribution in [0, 0.1) is 5.82 Å². The Hall–Kier alpha value is -1.07. The van der Waals surface area contributed by atoms with Gasteiger partial charge in [-0.2, -0.15) is 0 Å². The monoisotopic (exact) mass is 311 g/mol. The molecule has 116 valence electrons. The molecule has 0 aromatic heterocycles. The molecule has 0 saturated carbocycles. The molecule has 1 aromatic carbocycles. The number of rotatable bonds is 6. The van der Waals surface area contributed by atoms with Gasteiger partial charge in [0, 0.05) is 17.2 Å². The molecule has 1 heterocycles. The zero-order valence-electron chi connectivity index (χ0n) is 12.4. The Morgan fingerprint density at radius 1 is 1.43 bits per heavy atom. The Morgan fingerprint density at radius 3 is 3.00 bits per heavy atom. The van der Waals surface area contributed by atoms with Gasteiger partial charge < -0.3 is 4.74 Å². The highest BCUT2D eigenvalue weighted by molar-refractivity contribution is 7.99. The predicted octanol–water partition coefficient (Wildman–Crippen LogP) is 3.34. The lowest BCUT2D eigenvalue weighted by Gasteiger charge is -2.33. The molecule has 0 aliphatic carbocycles. The van der Waals surface area contributed by atoms with E-state index in [4.69, 9.17) is 4.74 Å². The van der Waals surface area contributed by atoms with Crippen LogP contribution in [0.3, 0.4) is 0 Å². The number of hydrogen-bond donors (Lipinski definition) is 0. The fraction of sp³-hybridized carbons (Fsp3) is 0.562. The zero-order chi connectivity index (χ0) is 15.1. The number of ether oxygens (including phenoxy) is 1. The summed E-state index contributed by atoms with van der Waals surface area (Å²) in [6.45, 7) is 3.95. The van der Waals surface area contributed by atoms with Crippen LogP contribution in [0.25, 0.3) is 0 Å². The molecular weight excluding hydrogens is 289 g/mol. The van der Waals surface area contributed by atoms with Gasteiger partial charge in [0.2, 0.25) is 0 Å². The number of piperidine rings is 1. The van der Waals surface area contributed by atoms with E-state index in [-0.39, 0.29) is 17.8 Å². The fourth-order valence-corrected chi connectivity index (χ4v) is 3.53. The van der Waals surface area contributed by atoms with E-state index in [1.54, 1.807) is 12.1 Å². The number of likely N-dealkylation sites (tertiary alicyclic amines) is 1.